The van der Waals surface area contributed by atoms with Gasteiger partial charge in [-0.1, -0.05) is 60.7 Å². The number of likely N-dealkylation sites (tertiary alicyclic amines) is 1. The number of rotatable bonds is 7. The predicted molar refractivity (Wildman–Crippen MR) is 130 cm³/mol. The van der Waals surface area contributed by atoms with E-state index in [4.69, 9.17) is 0 Å². The average Bonchev–Trinajstić information content (AvgIpc) is 3.43. The lowest BCUT2D eigenvalue weighted by atomic mass is 9.74. The molecule has 2 aromatic carbocycles. The van der Waals surface area contributed by atoms with Gasteiger partial charge in [-0.3, -0.25) is 19.3 Å². The van der Waals surface area contributed by atoms with Crippen molar-refractivity contribution in [2.75, 3.05) is 7.05 Å². The molecule has 0 spiro atoms. The zero-order valence-electron chi connectivity index (χ0n) is 19.2. The van der Waals surface area contributed by atoms with E-state index in [0.717, 1.165) is 21.6 Å². The number of hydrogen-bond acceptors (Lipinski definition) is 4. The zero-order chi connectivity index (χ0) is 23.6. The van der Waals surface area contributed by atoms with Crippen molar-refractivity contribution in [2.24, 2.45) is 0 Å². The van der Waals surface area contributed by atoms with Crippen LogP contribution in [0.2, 0.25) is 0 Å². The second-order valence-electron chi connectivity index (χ2n) is 8.72. The molecule has 4 rings (SSSR count). The van der Waals surface area contributed by atoms with E-state index in [0.29, 0.717) is 0 Å². The minimum atomic E-state index is -1.20. The van der Waals surface area contributed by atoms with Gasteiger partial charge in [0, 0.05) is 24.8 Å². The summed E-state index contributed by atoms with van der Waals surface area (Å²) in [6, 6.07) is 20.9. The third-order valence-electron chi connectivity index (χ3n) is 6.64. The van der Waals surface area contributed by atoms with Gasteiger partial charge in [0.05, 0.1) is 18.0 Å². The summed E-state index contributed by atoms with van der Waals surface area (Å²) in [4.78, 5) is 44.6. The highest BCUT2D eigenvalue weighted by Crippen LogP contribution is 2.42. The monoisotopic (exact) mass is 460 g/mol. The summed E-state index contributed by atoms with van der Waals surface area (Å²) >= 11 is 1.60. The molecule has 170 valence electrons. The molecule has 2 heterocycles. The van der Waals surface area contributed by atoms with Crippen LogP contribution in [-0.4, -0.2) is 34.6 Å². The molecule has 1 aliphatic heterocycles. The number of carbonyl (C=O) groups excluding carboxylic acids is 3. The molecule has 33 heavy (non-hydrogen) atoms. The van der Waals surface area contributed by atoms with Crippen molar-refractivity contribution < 1.29 is 14.4 Å². The number of imide groups is 1. The molecule has 1 fully saturated rings. The van der Waals surface area contributed by atoms with E-state index in [-0.39, 0.29) is 43.1 Å². The Kier molecular flexibility index (Phi) is 6.47. The highest BCUT2D eigenvalue weighted by atomic mass is 32.1. The van der Waals surface area contributed by atoms with E-state index in [1.807, 2.05) is 86.0 Å². The summed E-state index contributed by atoms with van der Waals surface area (Å²) in [5.41, 5.74) is 1.35. The maximum Gasteiger partial charge on any atom is 0.241 e. The SMILES string of the molecule is Cc1ccccc1[C@]1(CC(=O)N(C)[C@H](C)c2cccs2)CC(=O)N(Cc2ccccc2)C1=O. The maximum absolute atomic E-state index is 13.9. The molecule has 1 saturated heterocycles. The van der Waals surface area contributed by atoms with Crippen molar-refractivity contribution in [3.05, 3.63) is 93.7 Å². The molecule has 3 amide bonds. The molecule has 0 aliphatic carbocycles. The van der Waals surface area contributed by atoms with Gasteiger partial charge in [-0.25, -0.2) is 0 Å². The summed E-state index contributed by atoms with van der Waals surface area (Å²) in [5, 5.41) is 1.99. The van der Waals surface area contributed by atoms with Gasteiger partial charge in [-0.05, 0) is 42.0 Å². The van der Waals surface area contributed by atoms with E-state index in [9.17, 15) is 14.4 Å². The first-order chi connectivity index (χ1) is 15.8. The van der Waals surface area contributed by atoms with Gasteiger partial charge >= 0.3 is 0 Å². The smallest absolute Gasteiger partial charge is 0.241 e. The van der Waals surface area contributed by atoms with Crippen LogP contribution in [-0.2, 0) is 26.3 Å². The van der Waals surface area contributed by atoms with Crippen LogP contribution in [0.4, 0.5) is 0 Å². The molecule has 6 heteroatoms. The van der Waals surface area contributed by atoms with Crippen molar-refractivity contribution in [1.29, 1.82) is 0 Å². The second kappa shape index (κ2) is 9.32. The normalized spacial score (nSPS) is 19.1. The van der Waals surface area contributed by atoms with E-state index in [1.54, 1.807) is 23.3 Å². The topological polar surface area (TPSA) is 57.7 Å². The van der Waals surface area contributed by atoms with Crippen LogP contribution in [0.3, 0.4) is 0 Å². The summed E-state index contributed by atoms with van der Waals surface area (Å²) in [6.45, 7) is 4.12. The Labute approximate surface area is 198 Å². The Morgan fingerprint density at radius 3 is 2.42 bits per heavy atom. The molecular weight excluding hydrogens is 432 g/mol. The fourth-order valence-corrected chi connectivity index (χ4v) is 5.43. The Morgan fingerprint density at radius 2 is 1.76 bits per heavy atom. The van der Waals surface area contributed by atoms with Gasteiger partial charge in [0.25, 0.3) is 0 Å². The summed E-state index contributed by atoms with van der Waals surface area (Å²) in [6.07, 6.45) is -0.0452. The number of carbonyl (C=O) groups is 3. The summed E-state index contributed by atoms with van der Waals surface area (Å²) in [5.74, 6) is -0.688. The van der Waals surface area contributed by atoms with Gasteiger partial charge in [-0.15, -0.1) is 11.3 Å². The van der Waals surface area contributed by atoms with Gasteiger partial charge in [0.2, 0.25) is 17.7 Å². The Hall–Kier alpha value is -3.25. The molecule has 5 nitrogen and oxygen atoms in total. The van der Waals surface area contributed by atoms with Crippen molar-refractivity contribution in [3.8, 4) is 0 Å². The van der Waals surface area contributed by atoms with Gasteiger partial charge < -0.3 is 4.90 Å². The second-order valence-corrected chi connectivity index (χ2v) is 9.70. The standard InChI is InChI=1S/C27H28N2O3S/c1-19-10-7-8-13-22(19)27(16-24(30)28(3)20(2)23-14-9-15-33-23)17-25(31)29(26(27)32)18-21-11-5-4-6-12-21/h4-15,20H,16-18H2,1-3H3/t20-,27+/m1/s1. The number of benzene rings is 2. The third kappa shape index (κ3) is 4.35. The quantitative estimate of drug-likeness (QED) is 0.473. The molecule has 1 aliphatic rings. The molecule has 3 aromatic rings. The predicted octanol–water partition coefficient (Wildman–Crippen LogP) is 4.86. The Balaban J connectivity index is 1.68. The van der Waals surface area contributed by atoms with Crippen LogP contribution in [0.15, 0.2) is 72.1 Å². The van der Waals surface area contributed by atoms with E-state index in [2.05, 4.69) is 0 Å². The molecule has 0 radical (unpaired) electrons. The van der Waals surface area contributed by atoms with Crippen LogP contribution in [0.1, 0.15) is 47.4 Å². The molecule has 2 atom stereocenters. The summed E-state index contributed by atoms with van der Waals surface area (Å²) in [7, 11) is 1.77. The highest BCUT2D eigenvalue weighted by molar-refractivity contribution is 7.10. The number of nitrogens with zero attached hydrogens (tertiary/aromatic N) is 2. The lowest BCUT2D eigenvalue weighted by molar-refractivity contribution is -0.143. The molecule has 1 aromatic heterocycles. The van der Waals surface area contributed by atoms with Crippen LogP contribution in [0.5, 0.6) is 0 Å². The van der Waals surface area contributed by atoms with Crippen molar-refractivity contribution in [1.82, 2.24) is 9.80 Å². The third-order valence-corrected chi connectivity index (χ3v) is 7.68. The van der Waals surface area contributed by atoms with Gasteiger partial charge in [0.15, 0.2) is 0 Å². The lowest BCUT2D eigenvalue weighted by Crippen LogP contribution is -2.43. The van der Waals surface area contributed by atoms with Gasteiger partial charge in [-0.2, -0.15) is 0 Å². The van der Waals surface area contributed by atoms with Crippen LogP contribution in [0.25, 0.3) is 0 Å². The Bertz CT molecular complexity index is 1160. The van der Waals surface area contributed by atoms with Crippen molar-refractivity contribution in [2.45, 2.75) is 44.7 Å². The number of amides is 3. The van der Waals surface area contributed by atoms with Gasteiger partial charge in [0.1, 0.15) is 0 Å². The fraction of sp³-hybridized carbons (Fsp3) is 0.296. The number of thiophene rings is 1. The molecule has 0 N–H and O–H groups in total. The first kappa shape index (κ1) is 22.9. The maximum atomic E-state index is 13.9. The first-order valence-corrected chi connectivity index (χ1v) is 12.0. The van der Waals surface area contributed by atoms with Crippen LogP contribution in [0, 0.1) is 6.92 Å². The minimum absolute atomic E-state index is 0.00349. The molecule has 0 bridgehead atoms. The number of hydrogen-bond donors (Lipinski definition) is 0. The summed E-state index contributed by atoms with van der Waals surface area (Å²) < 4.78 is 0. The average molecular weight is 461 g/mol. The van der Waals surface area contributed by atoms with Crippen molar-refractivity contribution >= 4 is 29.1 Å². The zero-order valence-corrected chi connectivity index (χ0v) is 20.0. The van der Waals surface area contributed by atoms with E-state index < -0.39 is 5.41 Å². The highest BCUT2D eigenvalue weighted by Gasteiger charge is 2.54. The molecule has 0 unspecified atom stereocenters. The minimum Gasteiger partial charge on any atom is -0.338 e. The lowest BCUT2D eigenvalue weighted by Gasteiger charge is -2.32. The van der Waals surface area contributed by atoms with E-state index in [1.165, 1.54) is 4.90 Å². The van der Waals surface area contributed by atoms with Crippen LogP contribution >= 0.6 is 11.3 Å². The Morgan fingerprint density at radius 1 is 1.06 bits per heavy atom. The fourth-order valence-electron chi connectivity index (χ4n) is 4.60. The molecule has 0 saturated carbocycles. The van der Waals surface area contributed by atoms with E-state index >= 15 is 0 Å². The molecular formula is C27H28N2O3S. The number of aryl methyl sites for hydroxylation is 1. The first-order valence-electron chi connectivity index (χ1n) is 11.1. The largest absolute Gasteiger partial charge is 0.338 e. The van der Waals surface area contributed by atoms with Crippen LogP contribution < -0.4 is 0 Å². The van der Waals surface area contributed by atoms with Crippen molar-refractivity contribution in [3.63, 3.8) is 0 Å².